The Morgan fingerprint density at radius 3 is 2.45 bits per heavy atom. The summed E-state index contributed by atoms with van der Waals surface area (Å²) in [5.41, 5.74) is 1.52. The van der Waals surface area contributed by atoms with E-state index in [9.17, 15) is 8.42 Å². The smallest absolute Gasteiger partial charge is 0.180 e. The van der Waals surface area contributed by atoms with E-state index < -0.39 is 9.84 Å². The fourth-order valence-electron chi connectivity index (χ4n) is 1.54. The highest BCUT2D eigenvalue weighted by atomic mass is 32.2. The maximum atomic E-state index is 11.7. The normalized spacial score (nSPS) is 11.3. The van der Waals surface area contributed by atoms with Gasteiger partial charge in [0, 0.05) is 12.5 Å². The summed E-state index contributed by atoms with van der Waals surface area (Å²) in [4.78, 5) is 16.4. The average molecular weight is 293 g/mol. The second-order valence-electron chi connectivity index (χ2n) is 4.40. The molecule has 0 fully saturated rings. The summed E-state index contributed by atoms with van der Waals surface area (Å²) in [6, 6.07) is 0. The number of hydrogen-bond donors (Lipinski definition) is 1. The van der Waals surface area contributed by atoms with E-state index in [-0.39, 0.29) is 10.7 Å². The van der Waals surface area contributed by atoms with Gasteiger partial charge in [-0.15, -0.1) is 0 Å². The highest BCUT2D eigenvalue weighted by Gasteiger charge is 2.15. The summed E-state index contributed by atoms with van der Waals surface area (Å²) in [7, 11) is -3.38. The van der Waals surface area contributed by atoms with E-state index in [1.807, 2.05) is 6.92 Å². The third kappa shape index (κ3) is 3.47. The number of aromatic nitrogens is 4. The van der Waals surface area contributed by atoms with Crippen molar-refractivity contribution in [3.63, 3.8) is 0 Å². The van der Waals surface area contributed by atoms with Crippen LogP contribution in [0, 0.1) is 13.8 Å². The van der Waals surface area contributed by atoms with Gasteiger partial charge in [0.1, 0.15) is 16.5 Å². The lowest BCUT2D eigenvalue weighted by Crippen LogP contribution is -2.10. The fourth-order valence-corrected chi connectivity index (χ4v) is 2.26. The molecule has 8 heteroatoms. The van der Waals surface area contributed by atoms with Gasteiger partial charge in [0.05, 0.1) is 30.3 Å². The first-order valence-corrected chi connectivity index (χ1v) is 7.80. The van der Waals surface area contributed by atoms with Crippen molar-refractivity contribution in [3.8, 4) is 0 Å². The molecule has 2 aromatic rings. The standard InChI is InChI=1S/C12H15N5O2S/c1-8-4-15-10(5-13-8)6-16-12-11(20(3,18)19)7-14-9(2)17-12/h4-5,7H,6H2,1-3H3,(H,14,16,17). The molecule has 0 aliphatic rings. The second kappa shape index (κ2) is 5.49. The Balaban J connectivity index is 2.25. The second-order valence-corrected chi connectivity index (χ2v) is 6.39. The predicted molar refractivity (Wildman–Crippen MR) is 74.0 cm³/mol. The molecular formula is C12H15N5O2S. The van der Waals surface area contributed by atoms with Crippen LogP contribution in [-0.4, -0.2) is 34.6 Å². The molecule has 0 saturated heterocycles. The lowest BCUT2D eigenvalue weighted by atomic mass is 10.4. The molecule has 0 atom stereocenters. The van der Waals surface area contributed by atoms with Crippen LogP contribution >= 0.6 is 0 Å². The molecule has 2 heterocycles. The molecule has 2 rings (SSSR count). The minimum absolute atomic E-state index is 0.0724. The molecule has 7 nitrogen and oxygen atoms in total. The Kier molecular flexibility index (Phi) is 3.93. The molecule has 2 aromatic heterocycles. The lowest BCUT2D eigenvalue weighted by molar-refractivity contribution is 0.601. The molecule has 0 aliphatic heterocycles. The van der Waals surface area contributed by atoms with Crippen molar-refractivity contribution < 1.29 is 8.42 Å². The minimum atomic E-state index is -3.38. The highest BCUT2D eigenvalue weighted by molar-refractivity contribution is 7.90. The van der Waals surface area contributed by atoms with Gasteiger partial charge in [-0.1, -0.05) is 0 Å². The van der Waals surface area contributed by atoms with Crippen LogP contribution in [0.25, 0.3) is 0 Å². The lowest BCUT2D eigenvalue weighted by Gasteiger charge is -2.09. The van der Waals surface area contributed by atoms with Crippen LogP contribution in [-0.2, 0) is 16.4 Å². The molecule has 20 heavy (non-hydrogen) atoms. The monoisotopic (exact) mass is 293 g/mol. The minimum Gasteiger partial charge on any atom is -0.363 e. The molecule has 0 amide bonds. The Labute approximate surface area is 117 Å². The molecule has 0 spiro atoms. The third-order valence-corrected chi connectivity index (χ3v) is 3.64. The first kappa shape index (κ1) is 14.3. The number of hydrogen-bond acceptors (Lipinski definition) is 7. The van der Waals surface area contributed by atoms with Gasteiger partial charge in [0.2, 0.25) is 0 Å². The number of sulfone groups is 1. The zero-order valence-electron chi connectivity index (χ0n) is 11.5. The van der Waals surface area contributed by atoms with E-state index in [1.54, 1.807) is 19.3 Å². The Morgan fingerprint density at radius 2 is 1.85 bits per heavy atom. The molecule has 0 radical (unpaired) electrons. The van der Waals surface area contributed by atoms with Crippen LogP contribution in [0.4, 0.5) is 5.82 Å². The molecule has 0 unspecified atom stereocenters. The van der Waals surface area contributed by atoms with Gasteiger partial charge >= 0.3 is 0 Å². The highest BCUT2D eigenvalue weighted by Crippen LogP contribution is 2.18. The molecule has 0 aliphatic carbocycles. The zero-order chi connectivity index (χ0) is 14.8. The van der Waals surface area contributed by atoms with E-state index in [1.165, 1.54) is 6.20 Å². The Morgan fingerprint density at radius 1 is 1.10 bits per heavy atom. The van der Waals surface area contributed by atoms with Crippen molar-refractivity contribution in [2.24, 2.45) is 0 Å². The fraction of sp³-hybridized carbons (Fsp3) is 0.333. The van der Waals surface area contributed by atoms with Gasteiger partial charge in [0.25, 0.3) is 0 Å². The van der Waals surface area contributed by atoms with E-state index in [4.69, 9.17) is 0 Å². The van der Waals surface area contributed by atoms with Crippen molar-refractivity contribution >= 4 is 15.7 Å². The Bertz CT molecular complexity index is 713. The van der Waals surface area contributed by atoms with Gasteiger partial charge in [-0.3, -0.25) is 9.97 Å². The van der Waals surface area contributed by atoms with Crippen LogP contribution in [0.1, 0.15) is 17.2 Å². The summed E-state index contributed by atoms with van der Waals surface area (Å²) in [6.07, 6.45) is 5.72. The molecule has 0 aromatic carbocycles. The van der Waals surface area contributed by atoms with Crippen LogP contribution in [0.3, 0.4) is 0 Å². The largest absolute Gasteiger partial charge is 0.363 e. The van der Waals surface area contributed by atoms with E-state index in [0.29, 0.717) is 18.1 Å². The van der Waals surface area contributed by atoms with E-state index >= 15 is 0 Å². The quantitative estimate of drug-likeness (QED) is 0.894. The maximum absolute atomic E-state index is 11.7. The summed E-state index contributed by atoms with van der Waals surface area (Å²) >= 11 is 0. The number of anilines is 1. The average Bonchev–Trinajstić information content (AvgIpc) is 2.36. The summed E-state index contributed by atoms with van der Waals surface area (Å²) < 4.78 is 23.3. The van der Waals surface area contributed by atoms with Crippen LogP contribution in [0.2, 0.25) is 0 Å². The van der Waals surface area contributed by atoms with Crippen molar-refractivity contribution in [1.29, 1.82) is 0 Å². The number of rotatable bonds is 4. The topological polar surface area (TPSA) is 97.7 Å². The third-order valence-electron chi connectivity index (χ3n) is 2.55. The Hall–Kier alpha value is -2.09. The van der Waals surface area contributed by atoms with Gasteiger partial charge in [-0.25, -0.2) is 18.4 Å². The molecular weight excluding hydrogens is 278 g/mol. The van der Waals surface area contributed by atoms with Crippen LogP contribution in [0.5, 0.6) is 0 Å². The molecule has 0 bridgehead atoms. The van der Waals surface area contributed by atoms with Gasteiger partial charge < -0.3 is 5.32 Å². The summed E-state index contributed by atoms with van der Waals surface area (Å²) in [6.45, 7) is 3.88. The van der Waals surface area contributed by atoms with Gasteiger partial charge in [-0.05, 0) is 13.8 Å². The van der Waals surface area contributed by atoms with Crippen LogP contribution < -0.4 is 5.32 Å². The number of nitrogens with zero attached hydrogens (tertiary/aromatic N) is 4. The summed E-state index contributed by atoms with van der Waals surface area (Å²) in [5, 5.41) is 2.96. The molecule has 106 valence electrons. The number of nitrogens with one attached hydrogen (secondary N) is 1. The first-order valence-electron chi connectivity index (χ1n) is 5.91. The molecule has 0 saturated carbocycles. The van der Waals surface area contributed by atoms with E-state index in [0.717, 1.165) is 11.9 Å². The van der Waals surface area contributed by atoms with Crippen molar-refractivity contribution in [1.82, 2.24) is 19.9 Å². The van der Waals surface area contributed by atoms with Gasteiger partial charge in [-0.2, -0.15) is 0 Å². The summed E-state index contributed by atoms with van der Waals surface area (Å²) in [5.74, 6) is 0.775. The first-order chi connectivity index (χ1) is 9.36. The van der Waals surface area contributed by atoms with Crippen molar-refractivity contribution in [2.75, 3.05) is 11.6 Å². The molecule has 1 N–H and O–H groups in total. The van der Waals surface area contributed by atoms with Crippen molar-refractivity contribution in [2.45, 2.75) is 25.3 Å². The SMILES string of the molecule is Cc1cnc(CNc2nc(C)ncc2S(C)(=O)=O)cn1. The number of aryl methyl sites for hydroxylation is 2. The predicted octanol–water partition coefficient (Wildman–Crippen LogP) is 0.899. The van der Waals surface area contributed by atoms with E-state index in [2.05, 4.69) is 25.3 Å². The van der Waals surface area contributed by atoms with Crippen LogP contribution in [0.15, 0.2) is 23.5 Å². The zero-order valence-corrected chi connectivity index (χ0v) is 12.3. The van der Waals surface area contributed by atoms with Gasteiger partial charge in [0.15, 0.2) is 9.84 Å². The van der Waals surface area contributed by atoms with Crippen molar-refractivity contribution in [3.05, 3.63) is 35.8 Å². The maximum Gasteiger partial charge on any atom is 0.180 e.